The van der Waals surface area contributed by atoms with Crippen molar-refractivity contribution in [3.05, 3.63) is 17.5 Å². The molecule has 5 heteroatoms. The van der Waals surface area contributed by atoms with E-state index < -0.39 is 0 Å². The van der Waals surface area contributed by atoms with Gasteiger partial charge in [-0.05, 0) is 45.1 Å². The van der Waals surface area contributed by atoms with Gasteiger partial charge >= 0.3 is 0 Å². The molecule has 132 valence electrons. The number of amides is 1. The van der Waals surface area contributed by atoms with Crippen molar-refractivity contribution in [1.82, 2.24) is 15.1 Å². The van der Waals surface area contributed by atoms with E-state index in [4.69, 9.17) is 4.74 Å². The highest BCUT2D eigenvalue weighted by molar-refractivity contribution is 5.92. The third-order valence-electron chi connectivity index (χ3n) is 6.52. The van der Waals surface area contributed by atoms with Crippen LogP contribution < -0.4 is 0 Å². The minimum absolute atomic E-state index is 0.0584. The van der Waals surface area contributed by atoms with Gasteiger partial charge in [0.2, 0.25) is 0 Å². The first-order chi connectivity index (χ1) is 11.7. The second-order valence-electron chi connectivity index (χ2n) is 7.89. The SMILES string of the molecule is CCO[C@H]1C[C@@H](N(C)C(=O)c2cc(C3CC3)[nH]n2)C12CCCCC2. The molecule has 0 aliphatic heterocycles. The average molecular weight is 331 g/mol. The second kappa shape index (κ2) is 6.17. The maximum absolute atomic E-state index is 12.9. The van der Waals surface area contributed by atoms with Crippen LogP contribution in [0.15, 0.2) is 6.07 Å². The topological polar surface area (TPSA) is 58.2 Å². The van der Waals surface area contributed by atoms with Crippen LogP contribution in [-0.2, 0) is 4.74 Å². The Labute approximate surface area is 144 Å². The lowest BCUT2D eigenvalue weighted by Crippen LogP contribution is -2.65. The van der Waals surface area contributed by atoms with Crippen LogP contribution in [0, 0.1) is 5.41 Å². The van der Waals surface area contributed by atoms with E-state index in [1.165, 1.54) is 44.9 Å². The summed E-state index contributed by atoms with van der Waals surface area (Å²) in [4.78, 5) is 14.9. The molecule has 0 saturated heterocycles. The zero-order valence-electron chi connectivity index (χ0n) is 14.9. The first-order valence-corrected chi connectivity index (χ1v) is 9.60. The smallest absolute Gasteiger partial charge is 0.274 e. The van der Waals surface area contributed by atoms with Crippen LogP contribution in [0.3, 0.4) is 0 Å². The van der Waals surface area contributed by atoms with E-state index in [-0.39, 0.29) is 11.3 Å². The van der Waals surface area contributed by atoms with Crippen molar-refractivity contribution in [2.75, 3.05) is 13.7 Å². The monoisotopic (exact) mass is 331 g/mol. The van der Waals surface area contributed by atoms with Crippen LogP contribution in [0.1, 0.15) is 80.4 Å². The number of ether oxygens (including phenoxy) is 1. The number of nitrogens with one attached hydrogen (secondary N) is 1. The lowest BCUT2D eigenvalue weighted by atomic mass is 9.54. The van der Waals surface area contributed by atoms with Crippen LogP contribution in [-0.4, -0.2) is 46.8 Å². The number of carbonyl (C=O) groups is 1. The Balaban J connectivity index is 1.49. The lowest BCUT2D eigenvalue weighted by Gasteiger charge is -2.60. The fourth-order valence-electron chi connectivity index (χ4n) is 4.94. The zero-order chi connectivity index (χ0) is 16.7. The summed E-state index contributed by atoms with van der Waals surface area (Å²) in [5, 5.41) is 7.34. The second-order valence-corrected chi connectivity index (χ2v) is 7.89. The fraction of sp³-hybridized carbons (Fsp3) is 0.789. The van der Waals surface area contributed by atoms with Gasteiger partial charge in [0, 0.05) is 36.7 Å². The Morgan fingerprint density at radius 1 is 1.38 bits per heavy atom. The first-order valence-electron chi connectivity index (χ1n) is 9.60. The largest absolute Gasteiger partial charge is 0.378 e. The maximum atomic E-state index is 12.9. The molecule has 0 radical (unpaired) electrons. The summed E-state index contributed by atoms with van der Waals surface area (Å²) in [5.41, 5.74) is 1.87. The molecule has 1 N–H and O–H groups in total. The van der Waals surface area contributed by atoms with Crippen LogP contribution in [0.25, 0.3) is 0 Å². The molecule has 3 saturated carbocycles. The van der Waals surface area contributed by atoms with E-state index in [0.29, 0.717) is 23.8 Å². The number of carbonyl (C=O) groups excluding carboxylic acids is 1. The minimum Gasteiger partial charge on any atom is -0.378 e. The highest BCUT2D eigenvalue weighted by atomic mass is 16.5. The van der Waals surface area contributed by atoms with Gasteiger partial charge in [-0.3, -0.25) is 9.89 Å². The summed E-state index contributed by atoms with van der Waals surface area (Å²) < 4.78 is 6.02. The molecule has 24 heavy (non-hydrogen) atoms. The van der Waals surface area contributed by atoms with Crippen molar-refractivity contribution < 1.29 is 9.53 Å². The summed E-state index contributed by atoms with van der Waals surface area (Å²) >= 11 is 0. The molecular formula is C19H29N3O2. The number of aromatic amines is 1. The number of hydrogen-bond acceptors (Lipinski definition) is 3. The fourth-order valence-corrected chi connectivity index (χ4v) is 4.94. The molecule has 0 aromatic carbocycles. The van der Waals surface area contributed by atoms with Crippen molar-refractivity contribution >= 4 is 5.91 Å². The minimum atomic E-state index is 0.0584. The van der Waals surface area contributed by atoms with Crippen LogP contribution in [0.5, 0.6) is 0 Å². The molecule has 3 aliphatic carbocycles. The molecule has 1 spiro atoms. The Kier molecular flexibility index (Phi) is 4.15. The number of nitrogens with zero attached hydrogens (tertiary/aromatic N) is 2. The molecule has 0 unspecified atom stereocenters. The van der Waals surface area contributed by atoms with E-state index in [0.717, 1.165) is 18.7 Å². The van der Waals surface area contributed by atoms with Crippen molar-refractivity contribution in [2.24, 2.45) is 5.41 Å². The third-order valence-corrected chi connectivity index (χ3v) is 6.52. The standard InChI is InChI=1S/C19H29N3O2/c1-3-24-17-12-16(19(17)9-5-4-6-10-19)22(2)18(23)15-11-14(20-21-15)13-7-8-13/h11,13,16-17H,3-10,12H2,1-2H3,(H,20,21)/t16-,17+/m1/s1. The summed E-state index contributed by atoms with van der Waals surface area (Å²) in [6.07, 6.45) is 9.93. The predicted octanol–water partition coefficient (Wildman–Crippen LogP) is 3.49. The Hall–Kier alpha value is -1.36. The average Bonchev–Trinajstić information content (AvgIpc) is 3.35. The Morgan fingerprint density at radius 3 is 2.79 bits per heavy atom. The van der Waals surface area contributed by atoms with Gasteiger partial charge < -0.3 is 9.64 Å². The molecule has 2 atom stereocenters. The molecule has 4 rings (SSSR count). The number of aromatic nitrogens is 2. The molecule has 0 bridgehead atoms. The van der Waals surface area contributed by atoms with E-state index in [9.17, 15) is 4.79 Å². The van der Waals surface area contributed by atoms with Gasteiger partial charge in [-0.15, -0.1) is 0 Å². The van der Waals surface area contributed by atoms with Crippen LogP contribution in [0.2, 0.25) is 0 Å². The highest BCUT2D eigenvalue weighted by Gasteiger charge is 2.58. The lowest BCUT2D eigenvalue weighted by molar-refractivity contribution is -0.170. The van der Waals surface area contributed by atoms with Gasteiger partial charge in [-0.25, -0.2) is 0 Å². The van der Waals surface area contributed by atoms with Gasteiger partial charge in [0.1, 0.15) is 5.69 Å². The number of rotatable bonds is 5. The van der Waals surface area contributed by atoms with Crippen molar-refractivity contribution in [3.63, 3.8) is 0 Å². The number of H-pyrrole nitrogens is 1. The highest BCUT2D eigenvalue weighted by Crippen LogP contribution is 2.55. The van der Waals surface area contributed by atoms with Crippen LogP contribution >= 0.6 is 0 Å². The summed E-state index contributed by atoms with van der Waals surface area (Å²) in [6, 6.07) is 2.26. The van der Waals surface area contributed by atoms with Gasteiger partial charge in [0.05, 0.1) is 6.10 Å². The van der Waals surface area contributed by atoms with E-state index in [2.05, 4.69) is 17.1 Å². The molecular weight excluding hydrogens is 302 g/mol. The van der Waals surface area contributed by atoms with E-state index >= 15 is 0 Å². The summed E-state index contributed by atoms with van der Waals surface area (Å²) in [5.74, 6) is 0.656. The summed E-state index contributed by atoms with van der Waals surface area (Å²) in [7, 11) is 1.96. The van der Waals surface area contributed by atoms with Crippen molar-refractivity contribution in [3.8, 4) is 0 Å². The zero-order valence-corrected chi connectivity index (χ0v) is 14.9. The molecule has 1 heterocycles. The van der Waals surface area contributed by atoms with E-state index in [1.54, 1.807) is 0 Å². The molecule has 3 aliphatic rings. The van der Waals surface area contributed by atoms with Crippen molar-refractivity contribution in [2.45, 2.75) is 76.4 Å². The van der Waals surface area contributed by atoms with Crippen molar-refractivity contribution in [1.29, 1.82) is 0 Å². The molecule has 1 amide bonds. The summed E-state index contributed by atoms with van der Waals surface area (Å²) in [6.45, 7) is 2.84. The Morgan fingerprint density at radius 2 is 2.12 bits per heavy atom. The van der Waals surface area contributed by atoms with Gasteiger partial charge in [-0.1, -0.05) is 19.3 Å². The normalized spacial score (nSPS) is 28.6. The first kappa shape index (κ1) is 16.1. The maximum Gasteiger partial charge on any atom is 0.274 e. The number of hydrogen-bond donors (Lipinski definition) is 1. The molecule has 5 nitrogen and oxygen atoms in total. The van der Waals surface area contributed by atoms with Crippen LogP contribution in [0.4, 0.5) is 0 Å². The van der Waals surface area contributed by atoms with Gasteiger partial charge in [0.15, 0.2) is 0 Å². The van der Waals surface area contributed by atoms with Gasteiger partial charge in [-0.2, -0.15) is 5.10 Å². The Bertz CT molecular complexity index is 602. The van der Waals surface area contributed by atoms with E-state index in [1.807, 2.05) is 18.0 Å². The van der Waals surface area contributed by atoms with Gasteiger partial charge in [0.25, 0.3) is 5.91 Å². The molecule has 3 fully saturated rings. The third kappa shape index (κ3) is 2.57. The predicted molar refractivity (Wildman–Crippen MR) is 92.0 cm³/mol. The molecule has 1 aromatic heterocycles. The quantitative estimate of drug-likeness (QED) is 0.898. The molecule has 1 aromatic rings.